The number of nitrogens with zero attached hydrogens (tertiary/aromatic N) is 4. The van der Waals surface area contributed by atoms with Gasteiger partial charge in [0.2, 0.25) is 11.8 Å². The van der Waals surface area contributed by atoms with Crippen LogP contribution in [0.15, 0.2) is 33.7 Å². The van der Waals surface area contributed by atoms with E-state index in [9.17, 15) is 9.59 Å². The molecule has 7 nitrogen and oxygen atoms in total. The smallest absolute Gasteiger partial charge is 0.388 e. The highest BCUT2D eigenvalue weighted by Crippen LogP contribution is 2.21. The van der Waals surface area contributed by atoms with Gasteiger partial charge < -0.3 is 9.32 Å². The highest BCUT2D eigenvalue weighted by atomic mass is 16.4. The number of rotatable bonds is 4. The fraction of sp³-hybridized carbons (Fsp3) is 0.500. The van der Waals surface area contributed by atoms with Crippen LogP contribution in [0.1, 0.15) is 32.1 Å². The molecule has 23 heavy (non-hydrogen) atoms. The summed E-state index contributed by atoms with van der Waals surface area (Å²) >= 11 is 0. The van der Waals surface area contributed by atoms with Crippen molar-refractivity contribution in [3.63, 3.8) is 0 Å². The third-order valence-electron chi connectivity index (χ3n) is 4.33. The summed E-state index contributed by atoms with van der Waals surface area (Å²) in [6.07, 6.45) is 8.77. The zero-order chi connectivity index (χ0) is 16.2. The predicted molar refractivity (Wildman–Crippen MR) is 83.6 cm³/mol. The Morgan fingerprint density at radius 3 is 2.70 bits per heavy atom. The van der Waals surface area contributed by atoms with E-state index >= 15 is 0 Å². The molecular formula is C16H20N4O3. The van der Waals surface area contributed by atoms with Crippen LogP contribution in [0.25, 0.3) is 11.5 Å². The fourth-order valence-corrected chi connectivity index (χ4v) is 2.93. The van der Waals surface area contributed by atoms with Gasteiger partial charge in [-0.05, 0) is 25.0 Å². The summed E-state index contributed by atoms with van der Waals surface area (Å²) in [7, 11) is 1.80. The minimum atomic E-state index is -0.623. The molecule has 0 aromatic carbocycles. The quantitative estimate of drug-likeness (QED) is 0.857. The molecule has 1 aliphatic carbocycles. The molecule has 0 unspecified atom stereocenters. The molecule has 2 aromatic heterocycles. The molecule has 2 aromatic rings. The Hall–Kier alpha value is -2.44. The monoisotopic (exact) mass is 316 g/mol. The van der Waals surface area contributed by atoms with Gasteiger partial charge in [0.25, 0.3) is 0 Å². The SMILES string of the molecule is CN(C(=O)Cn1nc(-c2ccncc2)oc1=O)C1CCCCC1. The molecular weight excluding hydrogens is 296 g/mol. The molecule has 1 fully saturated rings. The van der Waals surface area contributed by atoms with Gasteiger partial charge >= 0.3 is 5.76 Å². The van der Waals surface area contributed by atoms with Crippen LogP contribution in [0, 0.1) is 0 Å². The van der Waals surface area contributed by atoms with Gasteiger partial charge in [-0.2, -0.15) is 4.68 Å². The van der Waals surface area contributed by atoms with Crippen molar-refractivity contribution in [3.8, 4) is 11.5 Å². The predicted octanol–water partition coefficient (Wildman–Crippen LogP) is 1.69. The van der Waals surface area contributed by atoms with E-state index in [1.54, 1.807) is 36.5 Å². The summed E-state index contributed by atoms with van der Waals surface area (Å²) in [5.74, 6) is -0.540. The minimum absolute atomic E-state index is 0.0968. The molecule has 2 heterocycles. The molecule has 122 valence electrons. The summed E-state index contributed by atoms with van der Waals surface area (Å²) < 4.78 is 6.21. The number of hydrogen-bond acceptors (Lipinski definition) is 5. The van der Waals surface area contributed by atoms with E-state index in [-0.39, 0.29) is 24.4 Å². The first-order chi connectivity index (χ1) is 11.1. The Morgan fingerprint density at radius 1 is 1.30 bits per heavy atom. The van der Waals surface area contributed by atoms with Crippen molar-refractivity contribution in [2.45, 2.75) is 44.7 Å². The van der Waals surface area contributed by atoms with Crippen LogP contribution in [-0.2, 0) is 11.3 Å². The molecule has 0 bridgehead atoms. The second kappa shape index (κ2) is 6.76. The lowest BCUT2D eigenvalue weighted by Gasteiger charge is -2.31. The number of aromatic nitrogens is 3. The number of pyridine rings is 1. The van der Waals surface area contributed by atoms with E-state index in [0.29, 0.717) is 5.56 Å². The van der Waals surface area contributed by atoms with Gasteiger partial charge in [0.1, 0.15) is 6.54 Å². The Bertz CT molecular complexity index is 716. The Balaban J connectivity index is 1.71. The van der Waals surface area contributed by atoms with Crippen molar-refractivity contribution in [1.29, 1.82) is 0 Å². The number of carbonyl (C=O) groups is 1. The molecule has 0 radical (unpaired) electrons. The largest absolute Gasteiger partial charge is 0.437 e. The van der Waals surface area contributed by atoms with Gasteiger partial charge in [-0.1, -0.05) is 19.3 Å². The van der Waals surface area contributed by atoms with Crippen LogP contribution in [0.2, 0.25) is 0 Å². The number of hydrogen-bond donors (Lipinski definition) is 0. The summed E-state index contributed by atoms with van der Waals surface area (Å²) in [5.41, 5.74) is 0.656. The normalized spacial score (nSPS) is 15.5. The topological polar surface area (TPSA) is 81.2 Å². The molecule has 1 saturated carbocycles. The maximum Gasteiger partial charge on any atom is 0.437 e. The Kier molecular flexibility index (Phi) is 4.55. The third-order valence-corrected chi connectivity index (χ3v) is 4.33. The first-order valence-electron chi connectivity index (χ1n) is 7.89. The molecule has 0 spiro atoms. The van der Waals surface area contributed by atoms with Gasteiger partial charge in [-0.15, -0.1) is 5.10 Å². The van der Waals surface area contributed by atoms with E-state index in [4.69, 9.17) is 4.42 Å². The van der Waals surface area contributed by atoms with Crippen LogP contribution >= 0.6 is 0 Å². The summed E-state index contributed by atoms with van der Waals surface area (Å²) in [6, 6.07) is 3.66. The second-order valence-corrected chi connectivity index (χ2v) is 5.86. The Labute approximate surface area is 133 Å². The Morgan fingerprint density at radius 2 is 2.00 bits per heavy atom. The van der Waals surface area contributed by atoms with E-state index in [1.165, 1.54) is 6.42 Å². The summed E-state index contributed by atoms with van der Waals surface area (Å²) in [5, 5.41) is 4.11. The van der Waals surface area contributed by atoms with Gasteiger partial charge in [0, 0.05) is 31.0 Å². The number of amides is 1. The van der Waals surface area contributed by atoms with Crippen molar-refractivity contribution in [2.24, 2.45) is 0 Å². The molecule has 0 saturated heterocycles. The van der Waals surface area contributed by atoms with E-state index in [0.717, 1.165) is 30.4 Å². The first kappa shape index (κ1) is 15.5. The third kappa shape index (κ3) is 3.49. The lowest BCUT2D eigenvalue weighted by atomic mass is 9.94. The molecule has 1 aliphatic rings. The molecule has 3 rings (SSSR count). The van der Waals surface area contributed by atoms with Gasteiger partial charge in [-0.25, -0.2) is 4.79 Å². The van der Waals surface area contributed by atoms with Crippen LogP contribution in [-0.4, -0.2) is 38.7 Å². The lowest BCUT2D eigenvalue weighted by Crippen LogP contribution is -2.41. The maximum absolute atomic E-state index is 12.4. The molecule has 1 amide bonds. The first-order valence-corrected chi connectivity index (χ1v) is 7.89. The van der Waals surface area contributed by atoms with E-state index < -0.39 is 5.76 Å². The van der Waals surface area contributed by atoms with E-state index in [1.807, 2.05) is 0 Å². The van der Waals surface area contributed by atoms with Gasteiger partial charge in [0.15, 0.2) is 0 Å². The van der Waals surface area contributed by atoms with Crippen LogP contribution in [0.3, 0.4) is 0 Å². The van der Waals surface area contributed by atoms with Crippen molar-refractivity contribution < 1.29 is 9.21 Å². The van der Waals surface area contributed by atoms with Gasteiger partial charge in [-0.3, -0.25) is 9.78 Å². The zero-order valence-electron chi connectivity index (χ0n) is 13.1. The van der Waals surface area contributed by atoms with Gasteiger partial charge in [0.05, 0.1) is 0 Å². The highest BCUT2D eigenvalue weighted by molar-refractivity contribution is 5.76. The molecule has 0 aliphatic heterocycles. The van der Waals surface area contributed by atoms with Crippen LogP contribution < -0.4 is 5.76 Å². The number of carbonyl (C=O) groups excluding carboxylic acids is 1. The zero-order valence-corrected chi connectivity index (χ0v) is 13.1. The minimum Gasteiger partial charge on any atom is -0.388 e. The molecule has 0 N–H and O–H groups in total. The average Bonchev–Trinajstić information content (AvgIpc) is 2.96. The second-order valence-electron chi connectivity index (χ2n) is 5.86. The van der Waals surface area contributed by atoms with Crippen molar-refractivity contribution in [2.75, 3.05) is 7.05 Å². The highest BCUT2D eigenvalue weighted by Gasteiger charge is 2.23. The van der Waals surface area contributed by atoms with Crippen LogP contribution in [0.5, 0.6) is 0 Å². The maximum atomic E-state index is 12.4. The fourth-order valence-electron chi connectivity index (χ4n) is 2.93. The standard InChI is InChI=1S/C16H20N4O3/c1-19(13-5-3-2-4-6-13)14(21)11-20-16(22)23-15(18-20)12-7-9-17-10-8-12/h7-10,13H,2-6,11H2,1H3. The van der Waals surface area contributed by atoms with Crippen molar-refractivity contribution >= 4 is 5.91 Å². The lowest BCUT2D eigenvalue weighted by molar-refractivity contribution is -0.133. The van der Waals surface area contributed by atoms with E-state index in [2.05, 4.69) is 10.1 Å². The van der Waals surface area contributed by atoms with Crippen molar-refractivity contribution in [3.05, 3.63) is 35.1 Å². The van der Waals surface area contributed by atoms with Crippen LogP contribution in [0.4, 0.5) is 0 Å². The summed E-state index contributed by atoms with van der Waals surface area (Å²) in [6.45, 7) is -0.0968. The average molecular weight is 316 g/mol. The molecule has 7 heteroatoms. The van der Waals surface area contributed by atoms with Crippen molar-refractivity contribution in [1.82, 2.24) is 19.7 Å². The molecule has 0 atom stereocenters. The summed E-state index contributed by atoms with van der Waals surface area (Å²) in [4.78, 5) is 29.9. The number of likely N-dealkylation sites (N-methyl/N-ethyl adjacent to an activating group) is 1.